The highest BCUT2D eigenvalue weighted by atomic mass is 32.2. The molecule has 1 unspecified atom stereocenters. The highest BCUT2D eigenvalue weighted by Crippen LogP contribution is 2.12. The molecular formula is C10H20N4O2S2. The Morgan fingerprint density at radius 1 is 1.56 bits per heavy atom. The standard InChI is InChI=1S/C10H20N4O2S2/c1-8(17-3)4-5-13-18(15,16)10-9(6-11-2)7-12-14-10/h7-8,11,13H,4-6H2,1-3H3,(H,12,14). The summed E-state index contributed by atoms with van der Waals surface area (Å²) in [6.07, 6.45) is 4.34. The first-order valence-electron chi connectivity index (χ1n) is 5.70. The minimum Gasteiger partial charge on any atom is -0.316 e. The molecule has 104 valence electrons. The Balaban J connectivity index is 2.65. The van der Waals surface area contributed by atoms with Crippen LogP contribution < -0.4 is 10.0 Å². The van der Waals surface area contributed by atoms with E-state index in [1.165, 1.54) is 6.20 Å². The van der Waals surface area contributed by atoms with Crippen LogP contribution in [0.15, 0.2) is 11.2 Å². The molecule has 0 radical (unpaired) electrons. The number of hydrogen-bond acceptors (Lipinski definition) is 5. The molecule has 0 aliphatic carbocycles. The Morgan fingerprint density at radius 2 is 2.28 bits per heavy atom. The number of thioether (sulfide) groups is 1. The van der Waals surface area contributed by atoms with Gasteiger partial charge in [-0.05, 0) is 19.7 Å². The molecule has 1 atom stereocenters. The average molecular weight is 292 g/mol. The van der Waals surface area contributed by atoms with Gasteiger partial charge in [0.25, 0.3) is 10.0 Å². The van der Waals surface area contributed by atoms with E-state index in [9.17, 15) is 8.42 Å². The third-order valence-electron chi connectivity index (χ3n) is 2.56. The predicted molar refractivity (Wildman–Crippen MR) is 74.1 cm³/mol. The van der Waals surface area contributed by atoms with Crippen molar-refractivity contribution < 1.29 is 8.42 Å². The Labute approximate surface area is 112 Å². The van der Waals surface area contributed by atoms with Gasteiger partial charge in [-0.15, -0.1) is 0 Å². The van der Waals surface area contributed by atoms with Gasteiger partial charge >= 0.3 is 0 Å². The summed E-state index contributed by atoms with van der Waals surface area (Å²) in [4.78, 5) is 0. The molecule has 6 nitrogen and oxygen atoms in total. The van der Waals surface area contributed by atoms with Crippen LogP contribution in [0.3, 0.4) is 0 Å². The Bertz CT molecular complexity index is 458. The summed E-state index contributed by atoms with van der Waals surface area (Å²) in [5, 5.41) is 9.81. The number of hydrogen-bond donors (Lipinski definition) is 3. The molecule has 0 fully saturated rings. The second kappa shape index (κ2) is 7.13. The number of sulfonamides is 1. The lowest BCUT2D eigenvalue weighted by Gasteiger charge is -2.09. The smallest absolute Gasteiger partial charge is 0.257 e. The molecule has 1 rings (SSSR count). The Hall–Kier alpha value is -0.570. The normalized spacial score (nSPS) is 13.7. The molecule has 8 heteroatoms. The Morgan fingerprint density at radius 3 is 2.89 bits per heavy atom. The third-order valence-corrected chi connectivity index (χ3v) is 5.07. The molecule has 1 heterocycles. The van der Waals surface area contributed by atoms with Crippen LogP contribution in [0.25, 0.3) is 0 Å². The third kappa shape index (κ3) is 4.27. The molecule has 0 saturated heterocycles. The molecule has 1 aromatic heterocycles. The fourth-order valence-electron chi connectivity index (χ4n) is 1.43. The molecule has 0 amide bonds. The van der Waals surface area contributed by atoms with E-state index in [4.69, 9.17) is 0 Å². The largest absolute Gasteiger partial charge is 0.316 e. The van der Waals surface area contributed by atoms with Gasteiger partial charge in [0.2, 0.25) is 0 Å². The van der Waals surface area contributed by atoms with Crippen LogP contribution in [-0.4, -0.2) is 43.7 Å². The van der Waals surface area contributed by atoms with Gasteiger partial charge in [0.05, 0.1) is 6.20 Å². The zero-order valence-electron chi connectivity index (χ0n) is 10.9. The second-order valence-electron chi connectivity index (χ2n) is 3.99. The number of rotatable bonds is 8. The second-order valence-corrected chi connectivity index (χ2v) is 6.97. The number of aromatic amines is 1. The molecule has 0 aliphatic rings. The van der Waals surface area contributed by atoms with Crippen LogP contribution in [-0.2, 0) is 16.6 Å². The maximum absolute atomic E-state index is 12.0. The number of H-pyrrole nitrogens is 1. The molecular weight excluding hydrogens is 272 g/mol. The van der Waals surface area contributed by atoms with E-state index in [0.29, 0.717) is 23.9 Å². The lowest BCUT2D eigenvalue weighted by Crippen LogP contribution is -2.27. The highest BCUT2D eigenvalue weighted by Gasteiger charge is 2.20. The van der Waals surface area contributed by atoms with Crippen LogP contribution in [0.4, 0.5) is 0 Å². The average Bonchev–Trinajstić information content (AvgIpc) is 2.78. The van der Waals surface area contributed by atoms with Crippen molar-refractivity contribution in [2.75, 3.05) is 19.8 Å². The summed E-state index contributed by atoms with van der Waals surface area (Å²) < 4.78 is 26.7. The van der Waals surface area contributed by atoms with Crippen molar-refractivity contribution in [1.29, 1.82) is 0 Å². The van der Waals surface area contributed by atoms with Crippen LogP contribution in [0.2, 0.25) is 0 Å². The summed E-state index contributed by atoms with van der Waals surface area (Å²) in [6, 6.07) is 0. The molecule has 3 N–H and O–H groups in total. The van der Waals surface area contributed by atoms with Crippen molar-refractivity contribution in [3.8, 4) is 0 Å². The van der Waals surface area contributed by atoms with E-state index >= 15 is 0 Å². The molecule has 1 aromatic rings. The zero-order valence-corrected chi connectivity index (χ0v) is 12.5. The summed E-state index contributed by atoms with van der Waals surface area (Å²) >= 11 is 1.72. The van der Waals surface area contributed by atoms with E-state index in [1.54, 1.807) is 18.8 Å². The molecule has 0 aromatic carbocycles. The monoisotopic (exact) mass is 292 g/mol. The minimum absolute atomic E-state index is 0.147. The summed E-state index contributed by atoms with van der Waals surface area (Å²) in [6.45, 7) is 2.97. The maximum atomic E-state index is 12.0. The quantitative estimate of drug-likeness (QED) is 0.651. The Kier molecular flexibility index (Phi) is 6.13. The lowest BCUT2D eigenvalue weighted by atomic mass is 10.3. The number of nitrogens with zero attached hydrogens (tertiary/aromatic N) is 1. The van der Waals surface area contributed by atoms with Crippen LogP contribution in [0, 0.1) is 0 Å². The van der Waals surface area contributed by atoms with Gasteiger partial charge in [-0.1, -0.05) is 6.92 Å². The lowest BCUT2D eigenvalue weighted by molar-refractivity contribution is 0.572. The van der Waals surface area contributed by atoms with Crippen molar-refractivity contribution in [2.45, 2.75) is 30.2 Å². The molecule has 0 saturated carbocycles. The fourth-order valence-corrected chi connectivity index (χ4v) is 2.96. The van der Waals surface area contributed by atoms with Gasteiger partial charge in [-0.3, -0.25) is 5.10 Å². The van der Waals surface area contributed by atoms with Crippen LogP contribution >= 0.6 is 11.8 Å². The van der Waals surface area contributed by atoms with Crippen molar-refractivity contribution in [2.24, 2.45) is 0 Å². The SMILES string of the molecule is CNCc1cn[nH]c1S(=O)(=O)NCCC(C)SC. The van der Waals surface area contributed by atoms with Crippen molar-refractivity contribution in [1.82, 2.24) is 20.2 Å². The fraction of sp³-hybridized carbons (Fsp3) is 0.700. The predicted octanol–water partition coefficient (Wildman–Crippen LogP) is 0.549. The highest BCUT2D eigenvalue weighted by molar-refractivity contribution is 7.99. The van der Waals surface area contributed by atoms with Crippen molar-refractivity contribution in [3.05, 3.63) is 11.8 Å². The van der Waals surface area contributed by atoms with E-state index in [1.807, 2.05) is 6.26 Å². The van der Waals surface area contributed by atoms with Gasteiger partial charge < -0.3 is 5.32 Å². The molecule has 18 heavy (non-hydrogen) atoms. The summed E-state index contributed by atoms with van der Waals surface area (Å²) in [5.41, 5.74) is 0.642. The number of aromatic nitrogens is 2. The van der Waals surface area contributed by atoms with Gasteiger partial charge in [0.1, 0.15) is 0 Å². The zero-order chi connectivity index (χ0) is 13.6. The molecule has 0 aliphatic heterocycles. The maximum Gasteiger partial charge on any atom is 0.257 e. The van der Waals surface area contributed by atoms with E-state index in [2.05, 4.69) is 27.2 Å². The first-order valence-corrected chi connectivity index (χ1v) is 8.47. The minimum atomic E-state index is -3.49. The topological polar surface area (TPSA) is 86.9 Å². The molecule has 0 bridgehead atoms. The van der Waals surface area contributed by atoms with E-state index < -0.39 is 10.0 Å². The van der Waals surface area contributed by atoms with Gasteiger partial charge in [-0.2, -0.15) is 16.9 Å². The summed E-state index contributed by atoms with van der Waals surface area (Å²) in [7, 11) is -1.73. The van der Waals surface area contributed by atoms with Crippen LogP contribution in [0.5, 0.6) is 0 Å². The van der Waals surface area contributed by atoms with Gasteiger partial charge in [0, 0.05) is 23.9 Å². The van der Waals surface area contributed by atoms with E-state index in [-0.39, 0.29) is 5.03 Å². The summed E-state index contributed by atoms with van der Waals surface area (Å²) in [5.74, 6) is 0. The first-order chi connectivity index (χ1) is 8.51. The van der Waals surface area contributed by atoms with Crippen molar-refractivity contribution in [3.63, 3.8) is 0 Å². The molecule has 0 spiro atoms. The van der Waals surface area contributed by atoms with E-state index in [0.717, 1.165) is 6.42 Å². The van der Waals surface area contributed by atoms with Gasteiger partial charge in [-0.25, -0.2) is 13.1 Å². The first kappa shape index (κ1) is 15.5. The van der Waals surface area contributed by atoms with Crippen LogP contribution in [0.1, 0.15) is 18.9 Å². The number of nitrogens with one attached hydrogen (secondary N) is 3. The van der Waals surface area contributed by atoms with Gasteiger partial charge in [0.15, 0.2) is 5.03 Å². The van der Waals surface area contributed by atoms with Crippen molar-refractivity contribution >= 4 is 21.8 Å².